The molecule has 0 radical (unpaired) electrons. The molecule has 0 saturated heterocycles. The standard InChI is InChI=1S/C12H19NO2/c1-3-4-7-14-11(2)9-13-10-12-6-5-8-15-12/h3,5-6,8,11,13H,1,4,7,9-10H2,2H3. The minimum atomic E-state index is 0.222. The average molecular weight is 209 g/mol. The molecule has 0 bridgehead atoms. The van der Waals surface area contributed by atoms with Gasteiger partial charge in [0.15, 0.2) is 0 Å². The van der Waals surface area contributed by atoms with E-state index in [0.29, 0.717) is 0 Å². The lowest BCUT2D eigenvalue weighted by Gasteiger charge is -2.12. The molecule has 0 aliphatic heterocycles. The Labute approximate surface area is 91.1 Å². The number of hydrogen-bond acceptors (Lipinski definition) is 3. The molecule has 1 unspecified atom stereocenters. The van der Waals surface area contributed by atoms with Gasteiger partial charge in [0.2, 0.25) is 0 Å². The van der Waals surface area contributed by atoms with E-state index in [0.717, 1.165) is 31.9 Å². The van der Waals surface area contributed by atoms with Crippen LogP contribution in [0.2, 0.25) is 0 Å². The van der Waals surface area contributed by atoms with Crippen molar-refractivity contribution < 1.29 is 9.15 Å². The monoisotopic (exact) mass is 209 g/mol. The topological polar surface area (TPSA) is 34.4 Å². The van der Waals surface area contributed by atoms with Crippen LogP contribution >= 0.6 is 0 Å². The second kappa shape index (κ2) is 7.26. The number of furan rings is 1. The van der Waals surface area contributed by atoms with E-state index in [-0.39, 0.29) is 6.10 Å². The van der Waals surface area contributed by atoms with Gasteiger partial charge in [-0.15, -0.1) is 6.58 Å². The molecule has 1 N–H and O–H groups in total. The molecule has 0 saturated carbocycles. The van der Waals surface area contributed by atoms with E-state index in [2.05, 4.69) is 18.8 Å². The van der Waals surface area contributed by atoms with Crippen LogP contribution in [0.1, 0.15) is 19.1 Å². The van der Waals surface area contributed by atoms with Crippen LogP contribution in [0, 0.1) is 0 Å². The first-order valence-electron chi connectivity index (χ1n) is 5.28. The van der Waals surface area contributed by atoms with Gasteiger partial charge in [-0.2, -0.15) is 0 Å². The van der Waals surface area contributed by atoms with Crippen molar-refractivity contribution in [2.24, 2.45) is 0 Å². The summed E-state index contributed by atoms with van der Waals surface area (Å²) in [7, 11) is 0. The highest BCUT2D eigenvalue weighted by molar-refractivity contribution is 4.97. The Morgan fingerprint density at radius 2 is 2.53 bits per heavy atom. The van der Waals surface area contributed by atoms with E-state index in [1.165, 1.54) is 0 Å². The summed E-state index contributed by atoms with van der Waals surface area (Å²) in [5.74, 6) is 0.952. The second-order valence-electron chi connectivity index (χ2n) is 3.47. The fourth-order valence-corrected chi connectivity index (χ4v) is 1.22. The van der Waals surface area contributed by atoms with Crippen molar-refractivity contribution in [2.75, 3.05) is 13.2 Å². The molecule has 0 aliphatic carbocycles. The summed E-state index contributed by atoms with van der Waals surface area (Å²) in [4.78, 5) is 0. The van der Waals surface area contributed by atoms with Crippen molar-refractivity contribution in [2.45, 2.75) is 26.0 Å². The van der Waals surface area contributed by atoms with Crippen LogP contribution in [0.3, 0.4) is 0 Å². The van der Waals surface area contributed by atoms with Gasteiger partial charge in [-0.1, -0.05) is 6.08 Å². The van der Waals surface area contributed by atoms with Crippen LogP contribution in [-0.4, -0.2) is 19.3 Å². The third-order valence-electron chi connectivity index (χ3n) is 2.04. The van der Waals surface area contributed by atoms with Gasteiger partial charge in [0.05, 0.1) is 25.5 Å². The number of rotatable bonds is 8. The average Bonchev–Trinajstić information content (AvgIpc) is 2.71. The molecule has 1 atom stereocenters. The van der Waals surface area contributed by atoms with Crippen molar-refractivity contribution in [3.05, 3.63) is 36.8 Å². The Bertz CT molecular complexity index is 257. The molecule has 0 fully saturated rings. The molecule has 1 aromatic heterocycles. The van der Waals surface area contributed by atoms with Gasteiger partial charge in [0.25, 0.3) is 0 Å². The summed E-state index contributed by atoms with van der Waals surface area (Å²) < 4.78 is 10.7. The van der Waals surface area contributed by atoms with Crippen LogP contribution in [0.5, 0.6) is 0 Å². The predicted molar refractivity (Wildman–Crippen MR) is 60.6 cm³/mol. The largest absolute Gasteiger partial charge is 0.468 e. The Kier molecular flexibility index (Phi) is 5.81. The summed E-state index contributed by atoms with van der Waals surface area (Å²) >= 11 is 0. The number of hydrogen-bond donors (Lipinski definition) is 1. The molecule has 3 nitrogen and oxygen atoms in total. The van der Waals surface area contributed by atoms with Crippen LogP contribution < -0.4 is 5.32 Å². The lowest BCUT2D eigenvalue weighted by Crippen LogP contribution is -2.26. The smallest absolute Gasteiger partial charge is 0.117 e. The first kappa shape index (κ1) is 12.0. The molecule has 0 amide bonds. The molecule has 1 rings (SSSR count). The molecule has 0 spiro atoms. The van der Waals surface area contributed by atoms with Gasteiger partial charge < -0.3 is 14.5 Å². The molecule has 1 aromatic rings. The molecule has 84 valence electrons. The second-order valence-corrected chi connectivity index (χ2v) is 3.47. The Morgan fingerprint density at radius 1 is 1.67 bits per heavy atom. The molecule has 0 aromatic carbocycles. The minimum Gasteiger partial charge on any atom is -0.468 e. The molecular formula is C12H19NO2. The van der Waals surface area contributed by atoms with E-state index in [1.54, 1.807) is 6.26 Å². The summed E-state index contributed by atoms with van der Waals surface area (Å²) in [5.41, 5.74) is 0. The summed E-state index contributed by atoms with van der Waals surface area (Å²) in [6, 6.07) is 3.84. The number of nitrogens with one attached hydrogen (secondary N) is 1. The van der Waals surface area contributed by atoms with E-state index in [1.807, 2.05) is 18.2 Å². The Hall–Kier alpha value is -1.06. The fourth-order valence-electron chi connectivity index (χ4n) is 1.22. The Morgan fingerprint density at radius 3 is 3.20 bits per heavy atom. The minimum absolute atomic E-state index is 0.222. The molecule has 0 aliphatic rings. The van der Waals surface area contributed by atoms with E-state index in [4.69, 9.17) is 9.15 Å². The quantitative estimate of drug-likeness (QED) is 0.527. The normalized spacial score (nSPS) is 12.6. The first-order chi connectivity index (χ1) is 7.33. The Balaban J connectivity index is 2.01. The third kappa shape index (κ3) is 5.40. The third-order valence-corrected chi connectivity index (χ3v) is 2.04. The van der Waals surface area contributed by atoms with Crippen molar-refractivity contribution in [3.63, 3.8) is 0 Å². The molecule has 3 heteroatoms. The van der Waals surface area contributed by atoms with Crippen LogP contribution in [0.4, 0.5) is 0 Å². The summed E-state index contributed by atoms with van der Waals surface area (Å²) in [6.07, 6.45) is 4.67. The van der Waals surface area contributed by atoms with E-state index >= 15 is 0 Å². The van der Waals surface area contributed by atoms with Gasteiger partial charge >= 0.3 is 0 Å². The maximum atomic E-state index is 5.54. The van der Waals surface area contributed by atoms with Gasteiger partial charge in [0, 0.05) is 6.54 Å². The highest BCUT2D eigenvalue weighted by Gasteiger charge is 2.01. The maximum Gasteiger partial charge on any atom is 0.117 e. The van der Waals surface area contributed by atoms with Crippen LogP contribution in [0.15, 0.2) is 35.5 Å². The summed E-state index contributed by atoms with van der Waals surface area (Å²) in [6.45, 7) is 8.03. The zero-order valence-electron chi connectivity index (χ0n) is 9.24. The lowest BCUT2D eigenvalue weighted by molar-refractivity contribution is 0.0689. The van der Waals surface area contributed by atoms with Crippen molar-refractivity contribution >= 4 is 0 Å². The molecule has 15 heavy (non-hydrogen) atoms. The van der Waals surface area contributed by atoms with Crippen molar-refractivity contribution in [3.8, 4) is 0 Å². The zero-order valence-corrected chi connectivity index (χ0v) is 9.24. The highest BCUT2D eigenvalue weighted by Crippen LogP contribution is 1.99. The number of ether oxygens (including phenoxy) is 1. The summed E-state index contributed by atoms with van der Waals surface area (Å²) in [5, 5.41) is 3.27. The first-order valence-corrected chi connectivity index (χ1v) is 5.28. The van der Waals surface area contributed by atoms with Crippen molar-refractivity contribution in [1.29, 1.82) is 0 Å². The van der Waals surface area contributed by atoms with Gasteiger partial charge in [0.1, 0.15) is 5.76 Å². The van der Waals surface area contributed by atoms with E-state index in [9.17, 15) is 0 Å². The SMILES string of the molecule is C=CCCOC(C)CNCc1ccco1. The predicted octanol–water partition coefficient (Wildman–Crippen LogP) is 2.35. The highest BCUT2D eigenvalue weighted by atomic mass is 16.5. The molecular weight excluding hydrogens is 190 g/mol. The van der Waals surface area contributed by atoms with Crippen molar-refractivity contribution in [1.82, 2.24) is 5.32 Å². The zero-order chi connectivity index (χ0) is 10.9. The van der Waals surface area contributed by atoms with Crippen LogP contribution in [-0.2, 0) is 11.3 Å². The van der Waals surface area contributed by atoms with Gasteiger partial charge in [-0.3, -0.25) is 0 Å². The fraction of sp³-hybridized carbons (Fsp3) is 0.500. The maximum absolute atomic E-state index is 5.54. The molecule has 1 heterocycles. The van der Waals surface area contributed by atoms with Gasteiger partial charge in [-0.05, 0) is 25.5 Å². The van der Waals surface area contributed by atoms with Gasteiger partial charge in [-0.25, -0.2) is 0 Å². The van der Waals surface area contributed by atoms with Crippen LogP contribution in [0.25, 0.3) is 0 Å². The van der Waals surface area contributed by atoms with E-state index < -0.39 is 0 Å². The lowest BCUT2D eigenvalue weighted by atomic mass is 10.3.